The van der Waals surface area contributed by atoms with Crippen molar-refractivity contribution in [3.63, 3.8) is 0 Å². The van der Waals surface area contributed by atoms with Gasteiger partial charge in [0.15, 0.2) is 0 Å². The van der Waals surface area contributed by atoms with E-state index in [1.54, 1.807) is 24.3 Å². The Balaban J connectivity index is 1.88. The molecule has 0 radical (unpaired) electrons. The standard InChI is InChI=1S/C20H24N2O3/c1-4-25-18-11-7-16(8-12-18)20(24)21-13-15-5-9-17(10-6-15)22-19(23)14(2)3/h5-12,14H,4,13H2,1-3H3,(H,21,24)(H,22,23). The highest BCUT2D eigenvalue weighted by atomic mass is 16.5. The van der Waals surface area contributed by atoms with E-state index in [0.717, 1.165) is 17.0 Å². The van der Waals surface area contributed by atoms with Gasteiger partial charge in [0.1, 0.15) is 5.75 Å². The number of anilines is 1. The molecule has 2 N–H and O–H groups in total. The Morgan fingerprint density at radius 1 is 1.00 bits per heavy atom. The minimum Gasteiger partial charge on any atom is -0.494 e. The lowest BCUT2D eigenvalue weighted by molar-refractivity contribution is -0.118. The predicted octanol–water partition coefficient (Wildman–Crippen LogP) is 3.61. The van der Waals surface area contributed by atoms with Gasteiger partial charge in [-0.1, -0.05) is 26.0 Å². The van der Waals surface area contributed by atoms with Gasteiger partial charge in [-0.05, 0) is 48.9 Å². The molecule has 0 spiro atoms. The maximum atomic E-state index is 12.2. The van der Waals surface area contributed by atoms with Crippen LogP contribution in [0.15, 0.2) is 48.5 Å². The Hall–Kier alpha value is -2.82. The smallest absolute Gasteiger partial charge is 0.251 e. The molecule has 2 aromatic carbocycles. The largest absolute Gasteiger partial charge is 0.494 e. The molecule has 0 aliphatic carbocycles. The highest BCUT2D eigenvalue weighted by Crippen LogP contribution is 2.13. The minimum atomic E-state index is -0.139. The lowest BCUT2D eigenvalue weighted by Gasteiger charge is -2.09. The number of benzene rings is 2. The number of ether oxygens (including phenoxy) is 1. The van der Waals surface area contributed by atoms with Gasteiger partial charge in [0.25, 0.3) is 5.91 Å². The number of hydrogen-bond donors (Lipinski definition) is 2. The Morgan fingerprint density at radius 2 is 1.64 bits per heavy atom. The van der Waals surface area contributed by atoms with Crippen LogP contribution in [-0.2, 0) is 11.3 Å². The number of hydrogen-bond acceptors (Lipinski definition) is 3. The summed E-state index contributed by atoms with van der Waals surface area (Å²) in [6, 6.07) is 14.5. The molecule has 0 atom stereocenters. The van der Waals surface area contributed by atoms with Crippen LogP contribution in [-0.4, -0.2) is 18.4 Å². The van der Waals surface area contributed by atoms with Crippen LogP contribution in [0.1, 0.15) is 36.7 Å². The first kappa shape index (κ1) is 18.5. The second-order valence-corrected chi connectivity index (χ2v) is 5.98. The quantitative estimate of drug-likeness (QED) is 0.809. The zero-order chi connectivity index (χ0) is 18.2. The van der Waals surface area contributed by atoms with Gasteiger partial charge in [0.05, 0.1) is 6.61 Å². The molecular formula is C20H24N2O3. The van der Waals surface area contributed by atoms with E-state index in [1.807, 2.05) is 45.0 Å². The molecule has 0 heterocycles. The van der Waals surface area contributed by atoms with Gasteiger partial charge in [-0.3, -0.25) is 9.59 Å². The number of carbonyl (C=O) groups excluding carboxylic acids is 2. The summed E-state index contributed by atoms with van der Waals surface area (Å²) < 4.78 is 5.36. The molecule has 2 amide bonds. The fraction of sp³-hybridized carbons (Fsp3) is 0.300. The van der Waals surface area contributed by atoms with Crippen molar-refractivity contribution in [2.45, 2.75) is 27.3 Å². The van der Waals surface area contributed by atoms with Gasteiger partial charge in [0, 0.05) is 23.7 Å². The van der Waals surface area contributed by atoms with Crippen LogP contribution in [0.5, 0.6) is 5.75 Å². The number of rotatable bonds is 7. The van der Waals surface area contributed by atoms with Crippen LogP contribution in [0.25, 0.3) is 0 Å². The SMILES string of the molecule is CCOc1ccc(C(=O)NCc2ccc(NC(=O)C(C)C)cc2)cc1. The average molecular weight is 340 g/mol. The van der Waals surface area contributed by atoms with Gasteiger partial charge >= 0.3 is 0 Å². The third kappa shape index (κ3) is 5.64. The summed E-state index contributed by atoms with van der Waals surface area (Å²) in [4.78, 5) is 23.8. The van der Waals surface area contributed by atoms with E-state index in [0.29, 0.717) is 18.7 Å². The molecular weight excluding hydrogens is 316 g/mol. The fourth-order valence-corrected chi connectivity index (χ4v) is 2.15. The fourth-order valence-electron chi connectivity index (χ4n) is 2.15. The summed E-state index contributed by atoms with van der Waals surface area (Å²) in [5.41, 5.74) is 2.30. The monoisotopic (exact) mass is 340 g/mol. The summed E-state index contributed by atoms with van der Waals surface area (Å²) in [6.07, 6.45) is 0. The van der Waals surface area contributed by atoms with Crippen molar-refractivity contribution in [2.75, 3.05) is 11.9 Å². The van der Waals surface area contributed by atoms with E-state index < -0.39 is 0 Å². The molecule has 0 saturated carbocycles. The molecule has 0 aliphatic heterocycles. The molecule has 5 nitrogen and oxygen atoms in total. The minimum absolute atomic E-state index is 0.0171. The third-order valence-electron chi connectivity index (χ3n) is 3.63. The van der Waals surface area contributed by atoms with Crippen molar-refractivity contribution >= 4 is 17.5 Å². The Labute approximate surface area is 148 Å². The van der Waals surface area contributed by atoms with E-state index in [1.165, 1.54) is 0 Å². The highest BCUT2D eigenvalue weighted by molar-refractivity contribution is 5.94. The molecule has 2 aromatic rings. The van der Waals surface area contributed by atoms with E-state index in [9.17, 15) is 9.59 Å². The lowest BCUT2D eigenvalue weighted by Crippen LogP contribution is -2.22. The molecule has 0 aliphatic rings. The zero-order valence-corrected chi connectivity index (χ0v) is 14.8. The Bertz CT molecular complexity index is 707. The van der Waals surface area contributed by atoms with Gasteiger partial charge in [-0.15, -0.1) is 0 Å². The molecule has 0 saturated heterocycles. The highest BCUT2D eigenvalue weighted by Gasteiger charge is 2.08. The van der Waals surface area contributed by atoms with Crippen molar-refractivity contribution in [3.05, 3.63) is 59.7 Å². The molecule has 0 unspecified atom stereocenters. The van der Waals surface area contributed by atoms with Crippen molar-refractivity contribution in [1.82, 2.24) is 5.32 Å². The number of amides is 2. The average Bonchev–Trinajstić information content (AvgIpc) is 2.61. The Morgan fingerprint density at radius 3 is 2.20 bits per heavy atom. The zero-order valence-electron chi connectivity index (χ0n) is 14.8. The predicted molar refractivity (Wildman–Crippen MR) is 98.7 cm³/mol. The van der Waals surface area contributed by atoms with Crippen molar-refractivity contribution in [1.29, 1.82) is 0 Å². The van der Waals surface area contributed by atoms with E-state index in [4.69, 9.17) is 4.74 Å². The van der Waals surface area contributed by atoms with Crippen LogP contribution >= 0.6 is 0 Å². The summed E-state index contributed by atoms with van der Waals surface area (Å²) in [5, 5.41) is 5.71. The van der Waals surface area contributed by atoms with Gasteiger partial charge in [-0.25, -0.2) is 0 Å². The lowest BCUT2D eigenvalue weighted by atomic mass is 10.1. The first-order chi connectivity index (χ1) is 12.0. The summed E-state index contributed by atoms with van der Waals surface area (Å²) in [6.45, 7) is 6.63. The molecule has 2 rings (SSSR count). The first-order valence-electron chi connectivity index (χ1n) is 8.40. The number of carbonyl (C=O) groups is 2. The summed E-state index contributed by atoms with van der Waals surface area (Å²) in [5.74, 6) is 0.531. The van der Waals surface area contributed by atoms with Crippen LogP contribution < -0.4 is 15.4 Å². The maximum absolute atomic E-state index is 12.2. The van der Waals surface area contributed by atoms with Crippen molar-refractivity contribution in [2.24, 2.45) is 5.92 Å². The van der Waals surface area contributed by atoms with Gasteiger partial charge in [-0.2, -0.15) is 0 Å². The van der Waals surface area contributed by atoms with E-state index >= 15 is 0 Å². The van der Waals surface area contributed by atoms with Crippen LogP contribution in [0.3, 0.4) is 0 Å². The molecule has 0 fully saturated rings. The number of nitrogens with one attached hydrogen (secondary N) is 2. The second kappa shape index (κ2) is 8.87. The van der Waals surface area contributed by atoms with E-state index in [-0.39, 0.29) is 17.7 Å². The maximum Gasteiger partial charge on any atom is 0.251 e. The molecule has 0 aromatic heterocycles. The van der Waals surface area contributed by atoms with Gasteiger partial charge < -0.3 is 15.4 Å². The van der Waals surface area contributed by atoms with Crippen molar-refractivity contribution in [3.8, 4) is 5.75 Å². The molecule has 5 heteroatoms. The third-order valence-corrected chi connectivity index (χ3v) is 3.63. The van der Waals surface area contributed by atoms with Gasteiger partial charge in [0.2, 0.25) is 5.91 Å². The summed E-state index contributed by atoms with van der Waals surface area (Å²) >= 11 is 0. The summed E-state index contributed by atoms with van der Waals surface area (Å²) in [7, 11) is 0. The Kier molecular flexibility index (Phi) is 6.57. The first-order valence-corrected chi connectivity index (χ1v) is 8.40. The van der Waals surface area contributed by atoms with Crippen LogP contribution in [0.2, 0.25) is 0 Å². The topological polar surface area (TPSA) is 67.4 Å². The van der Waals surface area contributed by atoms with E-state index in [2.05, 4.69) is 10.6 Å². The van der Waals surface area contributed by atoms with Crippen molar-refractivity contribution < 1.29 is 14.3 Å². The second-order valence-electron chi connectivity index (χ2n) is 5.98. The molecule has 25 heavy (non-hydrogen) atoms. The molecule has 132 valence electrons. The normalized spacial score (nSPS) is 10.4. The van der Waals surface area contributed by atoms with Crippen LogP contribution in [0.4, 0.5) is 5.69 Å². The van der Waals surface area contributed by atoms with Crippen LogP contribution in [0, 0.1) is 5.92 Å². The molecule has 0 bridgehead atoms.